The minimum atomic E-state index is -0.526. The molecule has 3 heteroatoms. The Morgan fingerprint density at radius 3 is 3.00 bits per heavy atom. The number of hydrogen-bond acceptors (Lipinski definition) is 3. The Kier molecular flexibility index (Phi) is 3.27. The van der Waals surface area contributed by atoms with E-state index in [1.54, 1.807) is 18.3 Å². The predicted molar refractivity (Wildman–Crippen MR) is 49.9 cm³/mol. The molecular formula is C9H11NOS. The van der Waals surface area contributed by atoms with Crippen LogP contribution in [-0.2, 0) is 0 Å². The SMILES string of the molecule is CC#CCC(O)c1csc(C)n1. The summed E-state index contributed by atoms with van der Waals surface area (Å²) < 4.78 is 0. The molecule has 1 atom stereocenters. The van der Waals surface area contributed by atoms with E-state index in [2.05, 4.69) is 16.8 Å². The number of hydrogen-bond donors (Lipinski definition) is 1. The number of nitrogens with zero attached hydrogens (tertiary/aromatic N) is 1. The van der Waals surface area contributed by atoms with E-state index >= 15 is 0 Å². The van der Waals surface area contributed by atoms with Crippen LogP contribution in [0, 0.1) is 18.8 Å². The molecule has 1 heterocycles. The van der Waals surface area contributed by atoms with E-state index in [0.717, 1.165) is 10.7 Å². The van der Waals surface area contributed by atoms with Crippen molar-refractivity contribution in [1.29, 1.82) is 0 Å². The van der Waals surface area contributed by atoms with Crippen LogP contribution in [0.3, 0.4) is 0 Å². The second-order valence-corrected chi connectivity index (χ2v) is 3.50. The Morgan fingerprint density at radius 2 is 2.50 bits per heavy atom. The number of aromatic nitrogens is 1. The summed E-state index contributed by atoms with van der Waals surface area (Å²) >= 11 is 1.55. The van der Waals surface area contributed by atoms with E-state index in [4.69, 9.17) is 0 Å². The van der Waals surface area contributed by atoms with Gasteiger partial charge in [-0.15, -0.1) is 23.2 Å². The van der Waals surface area contributed by atoms with Crippen molar-refractivity contribution in [2.45, 2.75) is 26.4 Å². The summed E-state index contributed by atoms with van der Waals surface area (Å²) in [5.41, 5.74) is 0.736. The number of thiazole rings is 1. The highest BCUT2D eigenvalue weighted by atomic mass is 32.1. The molecule has 0 radical (unpaired) electrons. The lowest BCUT2D eigenvalue weighted by molar-refractivity contribution is 0.179. The Hall–Kier alpha value is -0.850. The quantitative estimate of drug-likeness (QED) is 0.707. The Morgan fingerprint density at radius 1 is 1.75 bits per heavy atom. The molecule has 0 aliphatic carbocycles. The summed E-state index contributed by atoms with van der Waals surface area (Å²) in [5, 5.41) is 12.4. The summed E-state index contributed by atoms with van der Waals surface area (Å²) in [6, 6.07) is 0. The minimum absolute atomic E-state index is 0.472. The average Bonchev–Trinajstić information content (AvgIpc) is 2.47. The molecule has 0 spiro atoms. The summed E-state index contributed by atoms with van der Waals surface area (Å²) in [7, 11) is 0. The molecule has 2 nitrogen and oxygen atoms in total. The van der Waals surface area contributed by atoms with Crippen LogP contribution in [0.5, 0.6) is 0 Å². The first-order valence-electron chi connectivity index (χ1n) is 3.73. The van der Waals surface area contributed by atoms with E-state index in [-0.39, 0.29) is 0 Å². The molecule has 0 saturated heterocycles. The summed E-state index contributed by atoms with van der Waals surface area (Å²) in [6.45, 7) is 3.69. The molecular weight excluding hydrogens is 170 g/mol. The molecule has 0 fully saturated rings. The topological polar surface area (TPSA) is 33.1 Å². The van der Waals surface area contributed by atoms with Gasteiger partial charge in [-0.25, -0.2) is 4.98 Å². The Labute approximate surface area is 76.3 Å². The van der Waals surface area contributed by atoms with Gasteiger partial charge < -0.3 is 5.11 Å². The molecule has 1 N–H and O–H groups in total. The van der Waals surface area contributed by atoms with Crippen LogP contribution in [0.1, 0.15) is 30.2 Å². The Balaban J connectivity index is 2.62. The molecule has 12 heavy (non-hydrogen) atoms. The van der Waals surface area contributed by atoms with Crippen molar-refractivity contribution in [1.82, 2.24) is 4.98 Å². The minimum Gasteiger partial charge on any atom is -0.386 e. The fraction of sp³-hybridized carbons (Fsp3) is 0.444. The summed E-state index contributed by atoms with van der Waals surface area (Å²) in [5.74, 6) is 5.56. The zero-order valence-corrected chi connectivity index (χ0v) is 7.98. The van der Waals surface area contributed by atoms with Gasteiger partial charge in [0.15, 0.2) is 0 Å². The van der Waals surface area contributed by atoms with Gasteiger partial charge in [-0.2, -0.15) is 0 Å². The van der Waals surface area contributed by atoms with Gasteiger partial charge in [-0.3, -0.25) is 0 Å². The Bertz CT molecular complexity index is 308. The van der Waals surface area contributed by atoms with Gasteiger partial charge in [-0.05, 0) is 13.8 Å². The number of rotatable bonds is 2. The molecule has 0 aromatic carbocycles. The summed E-state index contributed by atoms with van der Waals surface area (Å²) in [6.07, 6.45) is -0.0537. The lowest BCUT2D eigenvalue weighted by Crippen LogP contribution is -1.95. The third-order valence-corrected chi connectivity index (χ3v) is 2.24. The molecule has 0 amide bonds. The van der Waals surface area contributed by atoms with E-state index in [1.807, 2.05) is 12.3 Å². The van der Waals surface area contributed by atoms with Crippen molar-refractivity contribution in [2.24, 2.45) is 0 Å². The first-order chi connectivity index (χ1) is 5.74. The van der Waals surface area contributed by atoms with Crippen molar-refractivity contribution >= 4 is 11.3 Å². The summed E-state index contributed by atoms with van der Waals surface area (Å²) in [4.78, 5) is 4.16. The third-order valence-electron chi connectivity index (χ3n) is 1.45. The van der Waals surface area contributed by atoms with Crippen LogP contribution in [0.15, 0.2) is 5.38 Å². The fourth-order valence-electron chi connectivity index (χ4n) is 0.837. The number of aliphatic hydroxyl groups excluding tert-OH is 1. The lowest BCUT2D eigenvalue weighted by atomic mass is 10.2. The first kappa shape index (κ1) is 9.24. The smallest absolute Gasteiger partial charge is 0.108 e. The van der Waals surface area contributed by atoms with Gasteiger partial charge in [0.05, 0.1) is 10.7 Å². The standard InChI is InChI=1S/C9H11NOS/c1-3-4-5-9(11)8-6-12-7(2)10-8/h6,9,11H,5H2,1-2H3. The maximum atomic E-state index is 9.51. The van der Waals surface area contributed by atoms with Gasteiger partial charge in [0.2, 0.25) is 0 Å². The molecule has 0 aliphatic heterocycles. The normalized spacial score (nSPS) is 11.9. The predicted octanol–water partition coefficient (Wildman–Crippen LogP) is 1.90. The molecule has 0 aliphatic rings. The first-order valence-corrected chi connectivity index (χ1v) is 4.61. The fourth-order valence-corrected chi connectivity index (χ4v) is 1.50. The van der Waals surface area contributed by atoms with Gasteiger partial charge in [0.1, 0.15) is 6.10 Å². The number of aliphatic hydroxyl groups is 1. The third kappa shape index (κ3) is 2.33. The van der Waals surface area contributed by atoms with Crippen LogP contribution in [0.2, 0.25) is 0 Å². The van der Waals surface area contributed by atoms with E-state index in [9.17, 15) is 5.11 Å². The van der Waals surface area contributed by atoms with Crippen LogP contribution >= 0.6 is 11.3 Å². The lowest BCUT2D eigenvalue weighted by Gasteiger charge is -2.00. The van der Waals surface area contributed by atoms with Crippen molar-refractivity contribution in [3.05, 3.63) is 16.1 Å². The van der Waals surface area contributed by atoms with Gasteiger partial charge in [0, 0.05) is 11.8 Å². The van der Waals surface area contributed by atoms with Gasteiger partial charge in [0.25, 0.3) is 0 Å². The van der Waals surface area contributed by atoms with Crippen molar-refractivity contribution in [3.8, 4) is 11.8 Å². The molecule has 64 valence electrons. The molecule has 0 bridgehead atoms. The van der Waals surface area contributed by atoms with Crippen LogP contribution in [0.4, 0.5) is 0 Å². The molecule has 0 saturated carbocycles. The maximum Gasteiger partial charge on any atom is 0.108 e. The second-order valence-electron chi connectivity index (χ2n) is 2.44. The molecule has 1 aromatic rings. The zero-order valence-electron chi connectivity index (χ0n) is 7.16. The van der Waals surface area contributed by atoms with Crippen molar-refractivity contribution < 1.29 is 5.11 Å². The molecule has 1 rings (SSSR count). The highest BCUT2D eigenvalue weighted by Crippen LogP contribution is 2.18. The highest BCUT2D eigenvalue weighted by molar-refractivity contribution is 7.09. The van der Waals surface area contributed by atoms with Crippen molar-refractivity contribution in [2.75, 3.05) is 0 Å². The zero-order chi connectivity index (χ0) is 8.97. The molecule has 1 aromatic heterocycles. The van der Waals surface area contributed by atoms with Crippen LogP contribution in [0.25, 0.3) is 0 Å². The second kappa shape index (κ2) is 4.24. The monoisotopic (exact) mass is 181 g/mol. The van der Waals surface area contributed by atoms with Crippen LogP contribution < -0.4 is 0 Å². The maximum absolute atomic E-state index is 9.51. The van der Waals surface area contributed by atoms with Crippen LogP contribution in [-0.4, -0.2) is 10.1 Å². The largest absolute Gasteiger partial charge is 0.386 e. The van der Waals surface area contributed by atoms with Gasteiger partial charge >= 0.3 is 0 Å². The van der Waals surface area contributed by atoms with E-state index in [1.165, 1.54) is 0 Å². The van der Waals surface area contributed by atoms with E-state index < -0.39 is 6.10 Å². The molecule has 1 unspecified atom stereocenters. The number of aryl methyl sites for hydroxylation is 1. The average molecular weight is 181 g/mol. The van der Waals surface area contributed by atoms with E-state index in [0.29, 0.717) is 6.42 Å². The van der Waals surface area contributed by atoms with Crippen molar-refractivity contribution in [3.63, 3.8) is 0 Å². The van der Waals surface area contributed by atoms with Gasteiger partial charge in [-0.1, -0.05) is 0 Å². The highest BCUT2D eigenvalue weighted by Gasteiger charge is 2.08.